The van der Waals surface area contributed by atoms with E-state index >= 15 is 0 Å². The van der Waals surface area contributed by atoms with Gasteiger partial charge >= 0.3 is 0 Å². The molecule has 11 aromatic carbocycles. The Kier molecular flexibility index (Phi) is 8.18. The lowest BCUT2D eigenvalue weighted by molar-refractivity contribution is 0.477. The van der Waals surface area contributed by atoms with E-state index in [0.29, 0.717) is 0 Å². The van der Waals surface area contributed by atoms with Crippen LogP contribution in [-0.4, -0.2) is 0 Å². The maximum absolute atomic E-state index is 6.48. The predicted octanol–water partition coefficient (Wildman–Crippen LogP) is 17.3. The van der Waals surface area contributed by atoms with Crippen LogP contribution in [0.3, 0.4) is 0 Å². The van der Waals surface area contributed by atoms with Crippen molar-refractivity contribution in [2.24, 2.45) is 0 Å². The lowest BCUT2D eigenvalue weighted by Crippen LogP contribution is -2.15. The van der Waals surface area contributed by atoms with Crippen LogP contribution in [0.5, 0.6) is 23.0 Å². The number of rotatable bonds is 5. The van der Waals surface area contributed by atoms with Gasteiger partial charge < -0.3 is 19.3 Å². The Bertz CT molecular complexity index is 3540. The van der Waals surface area contributed by atoms with Crippen molar-refractivity contribution in [1.82, 2.24) is 0 Å². The summed E-state index contributed by atoms with van der Waals surface area (Å²) < 4.78 is 13.0. The Morgan fingerprint density at radius 2 is 0.641 bits per heavy atom. The van der Waals surface area contributed by atoms with E-state index in [9.17, 15) is 0 Å². The van der Waals surface area contributed by atoms with Crippen LogP contribution in [0.15, 0.2) is 231 Å². The minimum Gasteiger partial charge on any atom is -0.453 e. The smallest absolute Gasteiger partial charge is 0.151 e. The van der Waals surface area contributed by atoms with Crippen LogP contribution in [0, 0.1) is 0 Å². The third-order valence-electron chi connectivity index (χ3n) is 12.8. The summed E-state index contributed by atoms with van der Waals surface area (Å²) in [6.45, 7) is 0. The summed E-state index contributed by atoms with van der Waals surface area (Å²) in [4.78, 5) is 4.68. The van der Waals surface area contributed by atoms with E-state index in [-0.39, 0.29) is 0 Å². The molecule has 0 bridgehead atoms. The molecule has 4 nitrogen and oxygen atoms in total. The highest BCUT2D eigenvalue weighted by molar-refractivity contribution is 6.23. The van der Waals surface area contributed by atoms with Crippen molar-refractivity contribution < 1.29 is 9.47 Å². The molecular weight excluding hydrogens is 781 g/mol. The maximum atomic E-state index is 6.48. The van der Waals surface area contributed by atoms with E-state index in [4.69, 9.17) is 9.47 Å². The first-order valence-corrected chi connectivity index (χ1v) is 21.7. The van der Waals surface area contributed by atoms with E-state index < -0.39 is 0 Å². The van der Waals surface area contributed by atoms with Crippen molar-refractivity contribution >= 4 is 66.4 Å². The van der Waals surface area contributed by atoms with Gasteiger partial charge in [0, 0.05) is 11.4 Å². The first-order valence-electron chi connectivity index (χ1n) is 21.7. The average Bonchev–Trinajstić information content (AvgIpc) is 3.36. The van der Waals surface area contributed by atoms with Gasteiger partial charge in [-0.15, -0.1) is 0 Å². The lowest BCUT2D eigenvalue weighted by Gasteiger charge is -2.33. The highest BCUT2D eigenvalue weighted by atomic mass is 16.5. The van der Waals surface area contributed by atoms with Crippen molar-refractivity contribution in [2.45, 2.75) is 0 Å². The molecule has 0 atom stereocenters. The van der Waals surface area contributed by atoms with Crippen LogP contribution in [0.1, 0.15) is 0 Å². The minimum atomic E-state index is 0.826. The molecule has 300 valence electrons. The van der Waals surface area contributed by atoms with Crippen LogP contribution in [-0.2, 0) is 0 Å². The highest BCUT2D eigenvalue weighted by Crippen LogP contribution is 2.54. The molecule has 0 fully saturated rings. The first-order chi connectivity index (χ1) is 31.7. The van der Waals surface area contributed by atoms with Gasteiger partial charge in [-0.2, -0.15) is 0 Å². The molecule has 13 rings (SSSR count). The third-order valence-corrected chi connectivity index (χ3v) is 12.8. The molecule has 0 N–H and O–H groups in total. The highest BCUT2D eigenvalue weighted by Gasteiger charge is 2.29. The molecule has 11 aromatic rings. The number of hydrogen-bond acceptors (Lipinski definition) is 4. The fourth-order valence-electron chi connectivity index (χ4n) is 9.87. The quantitative estimate of drug-likeness (QED) is 0.162. The molecule has 2 aliphatic heterocycles. The number of fused-ring (bicyclic) bond motifs is 7. The molecule has 0 aromatic heterocycles. The van der Waals surface area contributed by atoms with Crippen LogP contribution >= 0.6 is 0 Å². The fourth-order valence-corrected chi connectivity index (χ4v) is 9.87. The number of ether oxygens (including phenoxy) is 2. The van der Waals surface area contributed by atoms with E-state index in [1.165, 1.54) is 49.2 Å². The monoisotopic (exact) mass is 818 g/mol. The van der Waals surface area contributed by atoms with E-state index in [2.05, 4.69) is 192 Å². The second kappa shape index (κ2) is 14.5. The van der Waals surface area contributed by atoms with E-state index in [1.54, 1.807) is 0 Å². The molecule has 0 unspecified atom stereocenters. The van der Waals surface area contributed by atoms with Gasteiger partial charge in [-0.05, 0) is 145 Å². The molecular formula is C60H38N2O2. The van der Waals surface area contributed by atoms with Gasteiger partial charge in [-0.3, -0.25) is 0 Å². The average molecular weight is 819 g/mol. The van der Waals surface area contributed by atoms with Crippen LogP contribution < -0.4 is 19.3 Å². The Hall–Kier alpha value is -8.60. The predicted molar refractivity (Wildman–Crippen MR) is 265 cm³/mol. The Labute approximate surface area is 371 Å². The summed E-state index contributed by atoms with van der Waals surface area (Å²) in [5, 5.41) is 7.08. The van der Waals surface area contributed by atoms with Gasteiger partial charge in [0.05, 0.1) is 22.7 Å². The van der Waals surface area contributed by atoms with Gasteiger partial charge in [0.25, 0.3) is 0 Å². The largest absolute Gasteiger partial charge is 0.453 e. The topological polar surface area (TPSA) is 24.9 Å². The molecule has 0 saturated heterocycles. The number of para-hydroxylation sites is 8. The molecule has 2 aliphatic rings. The number of anilines is 6. The first kappa shape index (κ1) is 36.1. The zero-order valence-electron chi connectivity index (χ0n) is 34.7. The van der Waals surface area contributed by atoms with Gasteiger partial charge in [-0.1, -0.05) is 152 Å². The summed E-state index contributed by atoms with van der Waals surface area (Å²) in [5.74, 6) is 3.31. The van der Waals surface area contributed by atoms with Crippen LogP contribution in [0.4, 0.5) is 34.1 Å². The molecule has 0 radical (unpaired) electrons. The zero-order chi connectivity index (χ0) is 42.1. The summed E-state index contributed by atoms with van der Waals surface area (Å²) in [6, 6.07) is 82.5. The third kappa shape index (κ3) is 5.77. The van der Waals surface area contributed by atoms with Crippen molar-refractivity contribution in [2.75, 3.05) is 9.80 Å². The normalized spacial score (nSPS) is 12.6. The second-order valence-corrected chi connectivity index (χ2v) is 16.5. The van der Waals surface area contributed by atoms with Gasteiger partial charge in [0.2, 0.25) is 0 Å². The van der Waals surface area contributed by atoms with E-state index in [1.807, 2.05) is 48.5 Å². The molecule has 2 heterocycles. The Balaban J connectivity index is 1.13. The van der Waals surface area contributed by atoms with Gasteiger partial charge in [0.1, 0.15) is 0 Å². The second-order valence-electron chi connectivity index (χ2n) is 16.5. The van der Waals surface area contributed by atoms with Crippen molar-refractivity contribution in [3.05, 3.63) is 231 Å². The molecule has 0 aliphatic carbocycles. The number of hydrogen-bond donors (Lipinski definition) is 0. The zero-order valence-corrected chi connectivity index (χ0v) is 34.7. The molecule has 64 heavy (non-hydrogen) atoms. The summed E-state index contributed by atoms with van der Waals surface area (Å²) >= 11 is 0. The van der Waals surface area contributed by atoms with Crippen molar-refractivity contribution in [3.63, 3.8) is 0 Å². The Morgan fingerprint density at radius 1 is 0.250 bits per heavy atom. The van der Waals surface area contributed by atoms with E-state index in [0.717, 1.165) is 73.6 Å². The number of nitrogens with zero attached hydrogens (tertiary/aromatic N) is 2. The Morgan fingerprint density at radius 3 is 1.16 bits per heavy atom. The van der Waals surface area contributed by atoms with Gasteiger partial charge in [0.15, 0.2) is 23.0 Å². The standard InChI is InChI=1S/C60H38N2O2/c1-2-14-39(15-3-1)41-26-29-42(30-27-41)59-47-34-32-46(62-53-20-8-12-24-57(53)64-58-25-13-9-21-54(58)62)38-50(47)60(44-31-28-40-16-4-5-17-43(40)36-44)48-35-33-45(37-49(48)59)61-51-18-6-10-22-55(51)63-56-23-11-7-19-52(56)61/h1-38H. The fraction of sp³-hybridized carbons (Fsp3) is 0. The minimum absolute atomic E-state index is 0.826. The summed E-state index contributed by atoms with van der Waals surface area (Å²) in [7, 11) is 0. The molecule has 0 saturated carbocycles. The van der Waals surface area contributed by atoms with Crippen molar-refractivity contribution in [3.8, 4) is 56.4 Å². The molecule has 4 heteroatoms. The van der Waals surface area contributed by atoms with Crippen LogP contribution in [0.25, 0.3) is 65.7 Å². The lowest BCUT2D eigenvalue weighted by atomic mass is 9.84. The molecule has 0 amide bonds. The van der Waals surface area contributed by atoms with Gasteiger partial charge in [-0.25, -0.2) is 0 Å². The van der Waals surface area contributed by atoms with Crippen molar-refractivity contribution in [1.29, 1.82) is 0 Å². The number of benzene rings is 11. The SMILES string of the molecule is c1ccc(-c2ccc(-c3c4ccc(N5c6ccccc6Oc6ccccc65)cc4c(-c4ccc5ccccc5c4)c4ccc(N5c6ccccc6Oc6ccccc65)cc34)cc2)cc1. The summed E-state index contributed by atoms with van der Waals surface area (Å²) in [6.07, 6.45) is 0. The van der Waals surface area contributed by atoms with Crippen LogP contribution in [0.2, 0.25) is 0 Å². The summed E-state index contributed by atoms with van der Waals surface area (Å²) in [5.41, 5.74) is 13.2. The molecule has 0 spiro atoms. The maximum Gasteiger partial charge on any atom is 0.151 e.